The molecule has 7 heteroatoms. The van der Waals surface area contributed by atoms with Crippen LogP contribution >= 0.6 is 11.3 Å². The number of thiophene rings is 1. The maximum absolute atomic E-state index is 12.7. The van der Waals surface area contributed by atoms with Crippen LogP contribution in [0, 0.1) is 13.8 Å². The summed E-state index contributed by atoms with van der Waals surface area (Å²) in [4.78, 5) is 19.9. The molecule has 0 saturated carbocycles. The summed E-state index contributed by atoms with van der Waals surface area (Å²) in [5, 5.41) is 17.0. The topological polar surface area (TPSA) is 80.0 Å². The first-order valence-electron chi connectivity index (χ1n) is 8.77. The molecular weight excluding hydrogens is 348 g/mol. The second-order valence-electron chi connectivity index (χ2n) is 6.64. The zero-order valence-corrected chi connectivity index (χ0v) is 16.4. The van der Waals surface area contributed by atoms with Crippen molar-refractivity contribution in [3.8, 4) is 11.3 Å². The van der Waals surface area contributed by atoms with Crippen LogP contribution in [-0.4, -0.2) is 38.9 Å². The lowest BCUT2D eigenvalue weighted by Gasteiger charge is -2.11. The van der Waals surface area contributed by atoms with Gasteiger partial charge >= 0.3 is 0 Å². The lowest BCUT2D eigenvalue weighted by Crippen LogP contribution is -2.25. The van der Waals surface area contributed by atoms with Crippen LogP contribution in [0.5, 0.6) is 0 Å². The quantitative estimate of drug-likeness (QED) is 0.649. The lowest BCUT2D eigenvalue weighted by atomic mass is 10.1. The minimum atomic E-state index is -0.167. The highest BCUT2D eigenvalue weighted by molar-refractivity contribution is 7.12. The molecule has 0 aromatic carbocycles. The van der Waals surface area contributed by atoms with E-state index in [1.54, 1.807) is 17.5 Å². The van der Waals surface area contributed by atoms with Gasteiger partial charge in [-0.25, -0.2) is 9.67 Å². The molecule has 3 rings (SSSR count). The van der Waals surface area contributed by atoms with Crippen LogP contribution in [0.3, 0.4) is 0 Å². The monoisotopic (exact) mass is 372 g/mol. The molecule has 1 amide bonds. The zero-order chi connectivity index (χ0) is 18.8. The number of fused-ring (bicyclic) bond motifs is 1. The van der Waals surface area contributed by atoms with Gasteiger partial charge in [-0.15, -0.1) is 11.3 Å². The highest BCUT2D eigenvalue weighted by Crippen LogP contribution is 2.32. The van der Waals surface area contributed by atoms with Crippen LogP contribution in [0.4, 0.5) is 0 Å². The van der Waals surface area contributed by atoms with Gasteiger partial charge in [-0.05, 0) is 46.2 Å². The van der Waals surface area contributed by atoms with Crippen molar-refractivity contribution < 1.29 is 9.90 Å². The number of nitrogens with zero attached hydrogens (tertiary/aromatic N) is 3. The number of aliphatic hydroxyl groups is 1. The minimum absolute atomic E-state index is 0.0515. The molecule has 0 unspecified atom stereocenters. The van der Waals surface area contributed by atoms with E-state index < -0.39 is 0 Å². The smallest absolute Gasteiger partial charge is 0.252 e. The van der Waals surface area contributed by atoms with E-state index in [0.29, 0.717) is 24.2 Å². The average molecular weight is 372 g/mol. The highest BCUT2D eigenvalue weighted by Gasteiger charge is 2.19. The fourth-order valence-corrected chi connectivity index (χ4v) is 3.92. The number of amides is 1. The molecule has 138 valence electrons. The van der Waals surface area contributed by atoms with Crippen molar-refractivity contribution in [1.29, 1.82) is 0 Å². The van der Waals surface area contributed by atoms with Gasteiger partial charge in [0.2, 0.25) is 0 Å². The summed E-state index contributed by atoms with van der Waals surface area (Å²) in [6.07, 6.45) is 2.24. The molecular formula is C19H24N4O2S. The first kappa shape index (κ1) is 18.5. The number of nitrogens with one attached hydrogen (secondary N) is 1. The Bertz CT molecular complexity index is 943. The van der Waals surface area contributed by atoms with E-state index in [0.717, 1.165) is 16.6 Å². The van der Waals surface area contributed by atoms with Gasteiger partial charge in [-0.2, -0.15) is 5.10 Å². The van der Waals surface area contributed by atoms with Gasteiger partial charge in [-0.1, -0.05) is 0 Å². The standard InChI is InChI=1S/C19H24N4O2S/c1-11(2)23-18-16(10-21-23)15(19(25)20-6-5-7-24)9-17(22-18)14-8-12(3)26-13(14)4/h8-11,24H,5-7H2,1-4H3,(H,20,25). The van der Waals surface area contributed by atoms with Gasteiger partial charge in [0.1, 0.15) is 0 Å². The number of carbonyl (C=O) groups excluding carboxylic acids is 1. The molecule has 0 saturated heterocycles. The van der Waals surface area contributed by atoms with Crippen LogP contribution in [-0.2, 0) is 0 Å². The average Bonchev–Trinajstić information content (AvgIpc) is 3.16. The first-order valence-corrected chi connectivity index (χ1v) is 9.58. The molecule has 0 aliphatic carbocycles. The molecule has 6 nitrogen and oxygen atoms in total. The van der Waals surface area contributed by atoms with Crippen molar-refractivity contribution in [3.05, 3.63) is 33.6 Å². The molecule has 3 heterocycles. The van der Waals surface area contributed by atoms with Gasteiger partial charge in [0.25, 0.3) is 5.91 Å². The summed E-state index contributed by atoms with van der Waals surface area (Å²) in [6.45, 7) is 8.71. The van der Waals surface area contributed by atoms with Crippen LogP contribution in [0.2, 0.25) is 0 Å². The fourth-order valence-electron chi connectivity index (χ4n) is 2.98. The number of aliphatic hydroxyl groups excluding tert-OH is 1. The molecule has 3 aromatic heterocycles. The van der Waals surface area contributed by atoms with Crippen molar-refractivity contribution in [2.24, 2.45) is 0 Å². The number of rotatable bonds is 6. The van der Waals surface area contributed by atoms with Crippen LogP contribution < -0.4 is 5.32 Å². The number of hydrogen-bond acceptors (Lipinski definition) is 5. The first-order chi connectivity index (χ1) is 12.4. The summed E-state index contributed by atoms with van der Waals surface area (Å²) < 4.78 is 1.85. The Kier molecular flexibility index (Phi) is 5.38. The predicted octanol–water partition coefficient (Wildman–Crippen LogP) is 3.47. The second kappa shape index (κ2) is 7.55. The molecule has 26 heavy (non-hydrogen) atoms. The molecule has 0 bridgehead atoms. The summed E-state index contributed by atoms with van der Waals surface area (Å²) in [6, 6.07) is 4.10. The van der Waals surface area contributed by atoms with Crippen molar-refractivity contribution >= 4 is 28.3 Å². The SMILES string of the molecule is Cc1cc(-c2cc(C(=O)NCCCO)c3cnn(C(C)C)c3n2)c(C)s1. The number of pyridine rings is 1. The Morgan fingerprint density at radius 2 is 2.12 bits per heavy atom. The van der Waals surface area contributed by atoms with Crippen LogP contribution in [0.15, 0.2) is 18.3 Å². The normalized spacial score (nSPS) is 11.5. The molecule has 0 fully saturated rings. The molecule has 0 aliphatic rings. The van der Waals surface area contributed by atoms with E-state index in [9.17, 15) is 4.79 Å². The molecule has 0 aliphatic heterocycles. The van der Waals surface area contributed by atoms with E-state index in [-0.39, 0.29) is 18.6 Å². The van der Waals surface area contributed by atoms with Crippen molar-refractivity contribution in [2.75, 3.05) is 13.2 Å². The fraction of sp³-hybridized carbons (Fsp3) is 0.421. The summed E-state index contributed by atoms with van der Waals surface area (Å²) in [5.41, 5.74) is 3.12. The number of aryl methyl sites for hydroxylation is 2. The van der Waals surface area contributed by atoms with Crippen LogP contribution in [0.25, 0.3) is 22.3 Å². The molecule has 3 aromatic rings. The van der Waals surface area contributed by atoms with Crippen molar-refractivity contribution in [1.82, 2.24) is 20.1 Å². The summed E-state index contributed by atoms with van der Waals surface area (Å²) >= 11 is 1.72. The zero-order valence-electron chi connectivity index (χ0n) is 15.5. The van der Waals surface area contributed by atoms with E-state index in [2.05, 4.69) is 30.3 Å². The number of aromatic nitrogens is 3. The number of hydrogen-bond donors (Lipinski definition) is 2. The summed E-state index contributed by atoms with van der Waals surface area (Å²) in [7, 11) is 0. The summed E-state index contributed by atoms with van der Waals surface area (Å²) in [5.74, 6) is -0.167. The van der Waals surface area contributed by atoms with Gasteiger partial charge in [-0.3, -0.25) is 4.79 Å². The molecule has 0 atom stereocenters. The van der Waals surface area contributed by atoms with Gasteiger partial charge in [0.15, 0.2) is 5.65 Å². The molecule has 2 N–H and O–H groups in total. The largest absolute Gasteiger partial charge is 0.396 e. The van der Waals surface area contributed by atoms with Crippen LogP contribution in [0.1, 0.15) is 46.4 Å². The second-order valence-corrected chi connectivity index (χ2v) is 8.10. The Balaban J connectivity index is 2.15. The van der Waals surface area contributed by atoms with Gasteiger partial charge in [0, 0.05) is 34.5 Å². The third-order valence-corrected chi connectivity index (χ3v) is 5.20. The van der Waals surface area contributed by atoms with Gasteiger partial charge < -0.3 is 10.4 Å². The Morgan fingerprint density at radius 1 is 1.35 bits per heavy atom. The van der Waals surface area contributed by atoms with E-state index >= 15 is 0 Å². The minimum Gasteiger partial charge on any atom is -0.396 e. The third-order valence-electron chi connectivity index (χ3n) is 4.24. The van der Waals surface area contributed by atoms with Crippen molar-refractivity contribution in [3.63, 3.8) is 0 Å². The number of carbonyl (C=O) groups is 1. The van der Waals surface area contributed by atoms with Crippen molar-refractivity contribution in [2.45, 2.75) is 40.2 Å². The lowest BCUT2D eigenvalue weighted by molar-refractivity contribution is 0.0952. The van der Waals surface area contributed by atoms with E-state index in [1.807, 2.05) is 24.6 Å². The highest BCUT2D eigenvalue weighted by atomic mass is 32.1. The Labute approximate surface area is 156 Å². The third kappa shape index (κ3) is 3.50. The Morgan fingerprint density at radius 3 is 2.73 bits per heavy atom. The van der Waals surface area contributed by atoms with Gasteiger partial charge in [0.05, 0.1) is 22.8 Å². The Hall–Kier alpha value is -2.25. The maximum atomic E-state index is 12.7. The van der Waals surface area contributed by atoms with E-state index in [4.69, 9.17) is 10.1 Å². The predicted molar refractivity (Wildman–Crippen MR) is 105 cm³/mol. The van der Waals surface area contributed by atoms with E-state index in [1.165, 1.54) is 9.75 Å². The molecule has 0 spiro atoms. The molecule has 0 radical (unpaired) electrons. The maximum Gasteiger partial charge on any atom is 0.252 e.